The number of rotatable bonds is 7. The third-order valence-electron chi connectivity index (χ3n) is 3.41. The van der Waals surface area contributed by atoms with Gasteiger partial charge in [0.05, 0.1) is 6.54 Å². The predicted octanol–water partition coefficient (Wildman–Crippen LogP) is 0.905. The second-order valence-electron chi connectivity index (χ2n) is 5.40. The molecule has 3 N–H and O–H groups in total. The molecule has 0 amide bonds. The largest absolute Gasteiger partial charge is 0.384 e. The van der Waals surface area contributed by atoms with E-state index in [0.717, 1.165) is 5.56 Å². The average Bonchev–Trinajstić information content (AvgIpc) is 2.95. The maximum Gasteiger partial charge on any atom is 0.329 e. The fourth-order valence-corrected chi connectivity index (χ4v) is 3.04. The molecular formula is C15H20N4O3S. The van der Waals surface area contributed by atoms with E-state index in [4.69, 9.17) is 5.73 Å². The monoisotopic (exact) mass is 336 g/mol. The summed E-state index contributed by atoms with van der Waals surface area (Å²) in [4.78, 5) is 40.1. The van der Waals surface area contributed by atoms with Crippen LogP contribution in [-0.2, 0) is 13.1 Å². The zero-order chi connectivity index (χ0) is 17.0. The van der Waals surface area contributed by atoms with Crippen LogP contribution in [0.5, 0.6) is 0 Å². The van der Waals surface area contributed by atoms with Gasteiger partial charge in [0, 0.05) is 13.1 Å². The van der Waals surface area contributed by atoms with Crippen molar-refractivity contribution < 1.29 is 4.79 Å². The lowest BCUT2D eigenvalue weighted by atomic mass is 10.1. The summed E-state index contributed by atoms with van der Waals surface area (Å²) in [5, 5.41) is 3.97. The van der Waals surface area contributed by atoms with Gasteiger partial charge < -0.3 is 5.73 Å². The zero-order valence-corrected chi connectivity index (χ0v) is 14.0. The minimum atomic E-state index is -0.728. The molecule has 2 aromatic rings. The van der Waals surface area contributed by atoms with Crippen molar-refractivity contribution in [1.82, 2.24) is 14.5 Å². The summed E-state index contributed by atoms with van der Waals surface area (Å²) in [6.45, 7) is 2.88. The smallest absolute Gasteiger partial charge is 0.329 e. The number of nitrogens with zero attached hydrogens (tertiary/aromatic N) is 2. The van der Waals surface area contributed by atoms with Crippen molar-refractivity contribution >= 4 is 22.9 Å². The first-order chi connectivity index (χ1) is 10.9. The number of nitrogens with two attached hydrogens (primary N) is 1. The van der Waals surface area contributed by atoms with Crippen LogP contribution in [-0.4, -0.2) is 33.8 Å². The Bertz CT molecular complexity index is 792. The number of anilines is 1. The van der Waals surface area contributed by atoms with E-state index in [9.17, 15) is 14.4 Å². The predicted molar refractivity (Wildman–Crippen MR) is 91.0 cm³/mol. The lowest BCUT2D eigenvalue weighted by molar-refractivity contribution is 0.0941. The summed E-state index contributed by atoms with van der Waals surface area (Å²) in [5.41, 5.74) is 5.53. The van der Waals surface area contributed by atoms with Gasteiger partial charge >= 0.3 is 5.69 Å². The van der Waals surface area contributed by atoms with Crippen LogP contribution in [0.1, 0.15) is 29.3 Å². The Hall–Kier alpha value is -2.19. The van der Waals surface area contributed by atoms with Gasteiger partial charge in [-0.1, -0.05) is 6.92 Å². The SMILES string of the molecule is CCCn1c(N)c(C(=O)CN(C)Cc2ccsc2)c(=O)[nH]c1=O. The summed E-state index contributed by atoms with van der Waals surface area (Å²) in [7, 11) is 1.79. The summed E-state index contributed by atoms with van der Waals surface area (Å²) in [6.07, 6.45) is 0.668. The van der Waals surface area contributed by atoms with E-state index in [1.807, 2.05) is 23.8 Å². The molecule has 0 radical (unpaired) electrons. The van der Waals surface area contributed by atoms with Crippen molar-refractivity contribution in [2.45, 2.75) is 26.4 Å². The van der Waals surface area contributed by atoms with Gasteiger partial charge in [0.25, 0.3) is 5.56 Å². The number of Topliss-reactive ketones (excluding diaryl/α,β-unsaturated/α-hetero) is 1. The molecule has 0 unspecified atom stereocenters. The number of likely N-dealkylation sites (N-methyl/N-ethyl adjacent to an activating group) is 1. The number of H-pyrrole nitrogens is 1. The van der Waals surface area contributed by atoms with Gasteiger partial charge in [0.15, 0.2) is 5.78 Å². The maximum atomic E-state index is 12.4. The number of hydrogen-bond donors (Lipinski definition) is 2. The highest BCUT2D eigenvalue weighted by atomic mass is 32.1. The molecule has 0 bridgehead atoms. The third kappa shape index (κ3) is 3.96. The quantitative estimate of drug-likeness (QED) is 0.732. The molecule has 0 spiro atoms. The Labute approximate surface area is 137 Å². The van der Waals surface area contributed by atoms with E-state index in [-0.39, 0.29) is 17.9 Å². The van der Waals surface area contributed by atoms with Gasteiger partial charge in [-0.15, -0.1) is 0 Å². The van der Waals surface area contributed by atoms with E-state index < -0.39 is 17.0 Å². The Kier molecular flexibility index (Phi) is 5.51. The Morgan fingerprint density at radius 3 is 2.78 bits per heavy atom. The zero-order valence-electron chi connectivity index (χ0n) is 13.2. The molecular weight excluding hydrogens is 316 g/mol. The Morgan fingerprint density at radius 1 is 1.43 bits per heavy atom. The normalized spacial score (nSPS) is 11.1. The van der Waals surface area contributed by atoms with Crippen LogP contribution in [0.4, 0.5) is 5.82 Å². The molecule has 7 nitrogen and oxygen atoms in total. The summed E-state index contributed by atoms with van der Waals surface area (Å²) in [5.74, 6) is -0.458. The van der Waals surface area contributed by atoms with Crippen molar-refractivity contribution in [3.8, 4) is 0 Å². The second-order valence-corrected chi connectivity index (χ2v) is 6.18. The molecule has 2 heterocycles. The van der Waals surface area contributed by atoms with Crippen LogP contribution < -0.4 is 17.0 Å². The van der Waals surface area contributed by atoms with E-state index >= 15 is 0 Å². The fourth-order valence-electron chi connectivity index (χ4n) is 2.38. The van der Waals surface area contributed by atoms with E-state index in [1.165, 1.54) is 4.57 Å². The van der Waals surface area contributed by atoms with Gasteiger partial charge in [0.1, 0.15) is 11.4 Å². The fraction of sp³-hybridized carbons (Fsp3) is 0.400. The Balaban J connectivity index is 2.23. The number of nitrogens with one attached hydrogen (secondary N) is 1. The van der Waals surface area contributed by atoms with Gasteiger partial charge in [-0.3, -0.25) is 24.0 Å². The first kappa shape index (κ1) is 17.2. The molecule has 2 aromatic heterocycles. The first-order valence-electron chi connectivity index (χ1n) is 7.29. The van der Waals surface area contributed by atoms with Crippen molar-refractivity contribution in [2.24, 2.45) is 0 Å². The molecule has 0 aliphatic heterocycles. The topological polar surface area (TPSA) is 101 Å². The summed E-state index contributed by atoms with van der Waals surface area (Å²) < 4.78 is 1.23. The minimum Gasteiger partial charge on any atom is -0.384 e. The highest BCUT2D eigenvalue weighted by Crippen LogP contribution is 2.10. The molecule has 0 aromatic carbocycles. The molecule has 23 heavy (non-hydrogen) atoms. The minimum absolute atomic E-state index is 0.0491. The van der Waals surface area contributed by atoms with E-state index in [2.05, 4.69) is 4.98 Å². The van der Waals surface area contributed by atoms with Gasteiger partial charge in [-0.05, 0) is 35.9 Å². The number of aromatic amines is 1. The highest BCUT2D eigenvalue weighted by molar-refractivity contribution is 7.07. The number of hydrogen-bond acceptors (Lipinski definition) is 6. The van der Waals surface area contributed by atoms with Crippen molar-refractivity contribution in [3.63, 3.8) is 0 Å². The number of thiophene rings is 1. The second kappa shape index (κ2) is 7.38. The summed E-state index contributed by atoms with van der Waals surface area (Å²) in [6, 6.07) is 1.98. The van der Waals surface area contributed by atoms with Gasteiger partial charge in [-0.2, -0.15) is 11.3 Å². The lowest BCUT2D eigenvalue weighted by Crippen LogP contribution is -2.38. The standard InChI is InChI=1S/C15H20N4O3S/c1-3-5-19-13(16)12(14(21)17-15(19)22)11(20)8-18(2)7-10-4-6-23-9-10/h4,6,9H,3,5,7-8,16H2,1-2H3,(H,17,21,22). The molecule has 8 heteroatoms. The maximum absolute atomic E-state index is 12.4. The van der Waals surface area contributed by atoms with Crippen molar-refractivity contribution in [2.75, 3.05) is 19.3 Å². The van der Waals surface area contributed by atoms with Crippen molar-refractivity contribution in [1.29, 1.82) is 0 Å². The lowest BCUT2D eigenvalue weighted by Gasteiger charge is -2.16. The molecule has 0 saturated carbocycles. The van der Waals surface area contributed by atoms with Gasteiger partial charge in [-0.25, -0.2) is 4.79 Å². The number of aromatic nitrogens is 2. The molecule has 0 aliphatic rings. The number of carbonyl (C=O) groups is 1. The number of carbonyl (C=O) groups excluding carboxylic acids is 1. The van der Waals surface area contributed by atoms with E-state index in [1.54, 1.807) is 23.3 Å². The number of ketones is 1. The van der Waals surface area contributed by atoms with E-state index in [0.29, 0.717) is 19.5 Å². The number of nitrogen functional groups attached to an aromatic ring is 1. The van der Waals surface area contributed by atoms with Crippen LogP contribution in [0.3, 0.4) is 0 Å². The average molecular weight is 336 g/mol. The Morgan fingerprint density at radius 2 is 2.17 bits per heavy atom. The highest BCUT2D eigenvalue weighted by Gasteiger charge is 2.20. The molecule has 0 atom stereocenters. The molecule has 0 aliphatic carbocycles. The van der Waals surface area contributed by atoms with Crippen LogP contribution in [0, 0.1) is 0 Å². The van der Waals surface area contributed by atoms with Crippen LogP contribution in [0.15, 0.2) is 26.4 Å². The molecule has 2 rings (SSSR count). The molecule has 124 valence electrons. The van der Waals surface area contributed by atoms with Gasteiger partial charge in [0.2, 0.25) is 0 Å². The molecule has 0 saturated heterocycles. The van der Waals surface area contributed by atoms with Crippen molar-refractivity contribution in [3.05, 3.63) is 48.8 Å². The van der Waals surface area contributed by atoms with Crippen LogP contribution >= 0.6 is 11.3 Å². The van der Waals surface area contributed by atoms with Crippen LogP contribution in [0.25, 0.3) is 0 Å². The first-order valence-corrected chi connectivity index (χ1v) is 8.23. The summed E-state index contributed by atoms with van der Waals surface area (Å²) >= 11 is 1.59. The third-order valence-corrected chi connectivity index (χ3v) is 4.14. The van der Waals surface area contributed by atoms with Crippen LogP contribution in [0.2, 0.25) is 0 Å². The molecule has 0 fully saturated rings.